The minimum absolute atomic E-state index is 0.247. The number of methoxy groups -OCH3 is 1. The summed E-state index contributed by atoms with van der Waals surface area (Å²) in [4.78, 5) is 11.1. The maximum Gasteiger partial charge on any atom is 0.333 e. The minimum Gasteiger partial charge on any atom is -0.466 e. The number of hydrogen-bond acceptors (Lipinski definition) is 3. The highest BCUT2D eigenvalue weighted by Gasteiger charge is 2.04. The molecule has 3 nitrogen and oxygen atoms in total. The van der Waals surface area contributed by atoms with E-state index in [2.05, 4.69) is 16.6 Å². The number of rotatable bonds is 6. The molecule has 0 aromatic carbocycles. The van der Waals surface area contributed by atoms with Crippen molar-refractivity contribution in [2.24, 2.45) is 0 Å². The maximum atomic E-state index is 11.1. The molecule has 0 saturated heterocycles. The Balaban J connectivity index is 3.91. The molecular formula is C10H17NO2. The fraction of sp³-hybridized carbons (Fsp3) is 0.500. The first-order valence-corrected chi connectivity index (χ1v) is 4.35. The minimum atomic E-state index is -0.247. The largest absolute Gasteiger partial charge is 0.466 e. The Bertz CT molecular complexity index is 197. The molecule has 1 N–H and O–H groups in total. The average Bonchev–Trinajstić information content (AvgIpc) is 2.17. The molecule has 0 radical (unpaired) electrons. The third-order valence-corrected chi connectivity index (χ3v) is 1.61. The summed E-state index contributed by atoms with van der Waals surface area (Å²) >= 11 is 0. The van der Waals surface area contributed by atoms with Crippen LogP contribution in [0.5, 0.6) is 0 Å². The second-order valence-electron chi connectivity index (χ2n) is 2.52. The van der Waals surface area contributed by atoms with Gasteiger partial charge in [0, 0.05) is 18.7 Å². The van der Waals surface area contributed by atoms with Crippen molar-refractivity contribution in [2.45, 2.75) is 13.3 Å². The van der Waals surface area contributed by atoms with Gasteiger partial charge in [-0.3, -0.25) is 0 Å². The van der Waals surface area contributed by atoms with Gasteiger partial charge in [0.1, 0.15) is 0 Å². The summed E-state index contributed by atoms with van der Waals surface area (Å²) in [6, 6.07) is 0. The fourth-order valence-corrected chi connectivity index (χ4v) is 0.884. The molecule has 0 spiro atoms. The molecule has 0 atom stereocenters. The average molecular weight is 183 g/mol. The Kier molecular flexibility index (Phi) is 6.92. The van der Waals surface area contributed by atoms with E-state index in [9.17, 15) is 4.79 Å². The van der Waals surface area contributed by atoms with Gasteiger partial charge >= 0.3 is 5.97 Å². The van der Waals surface area contributed by atoms with Crippen molar-refractivity contribution in [3.63, 3.8) is 0 Å². The van der Waals surface area contributed by atoms with E-state index in [1.807, 2.05) is 13.0 Å². The van der Waals surface area contributed by atoms with Gasteiger partial charge in [-0.25, -0.2) is 4.79 Å². The molecule has 74 valence electrons. The van der Waals surface area contributed by atoms with Crippen molar-refractivity contribution in [2.75, 3.05) is 20.2 Å². The standard InChI is InChI=1S/C10H17NO2/c1-4-7-11-8-6-9(5-2)10(12)13-3/h4,6,11H,1,5,7-8H2,2-3H3/b9-6-. The van der Waals surface area contributed by atoms with Crippen LogP contribution in [0.25, 0.3) is 0 Å². The lowest BCUT2D eigenvalue weighted by Crippen LogP contribution is -2.15. The Morgan fingerprint density at radius 2 is 2.23 bits per heavy atom. The van der Waals surface area contributed by atoms with Gasteiger partial charge in [-0.2, -0.15) is 0 Å². The second kappa shape index (κ2) is 7.55. The van der Waals surface area contributed by atoms with Gasteiger partial charge in [-0.15, -0.1) is 6.58 Å². The Hall–Kier alpha value is -1.09. The smallest absolute Gasteiger partial charge is 0.333 e. The molecule has 0 aliphatic carbocycles. The summed E-state index contributed by atoms with van der Waals surface area (Å²) in [6.45, 7) is 6.92. The topological polar surface area (TPSA) is 38.3 Å². The van der Waals surface area contributed by atoms with Gasteiger partial charge in [0.05, 0.1) is 7.11 Å². The Labute approximate surface area is 79.5 Å². The Morgan fingerprint density at radius 1 is 1.54 bits per heavy atom. The van der Waals surface area contributed by atoms with E-state index in [0.717, 1.165) is 6.54 Å². The van der Waals surface area contributed by atoms with E-state index in [1.165, 1.54) is 7.11 Å². The van der Waals surface area contributed by atoms with Crippen LogP contribution in [0.3, 0.4) is 0 Å². The van der Waals surface area contributed by atoms with Crippen LogP contribution in [-0.4, -0.2) is 26.2 Å². The molecule has 0 rings (SSSR count). The van der Waals surface area contributed by atoms with E-state index < -0.39 is 0 Å². The van der Waals surface area contributed by atoms with Crippen LogP contribution in [0.4, 0.5) is 0 Å². The highest BCUT2D eigenvalue weighted by molar-refractivity contribution is 5.88. The lowest BCUT2D eigenvalue weighted by Gasteiger charge is -2.02. The van der Waals surface area contributed by atoms with Crippen LogP contribution in [0.15, 0.2) is 24.3 Å². The third kappa shape index (κ3) is 5.20. The van der Waals surface area contributed by atoms with E-state index >= 15 is 0 Å². The first kappa shape index (κ1) is 11.9. The SMILES string of the molecule is C=CCNC/C=C(/CC)C(=O)OC. The molecule has 0 unspecified atom stereocenters. The van der Waals surface area contributed by atoms with Crippen LogP contribution in [0.2, 0.25) is 0 Å². The van der Waals surface area contributed by atoms with Gasteiger partial charge in [0.15, 0.2) is 0 Å². The number of carbonyl (C=O) groups excluding carboxylic acids is 1. The van der Waals surface area contributed by atoms with Crippen LogP contribution in [0, 0.1) is 0 Å². The molecule has 0 aliphatic rings. The summed E-state index contributed by atoms with van der Waals surface area (Å²) < 4.78 is 4.61. The van der Waals surface area contributed by atoms with E-state index in [-0.39, 0.29) is 5.97 Å². The van der Waals surface area contributed by atoms with E-state index in [0.29, 0.717) is 18.5 Å². The quantitative estimate of drug-likeness (QED) is 0.292. The highest BCUT2D eigenvalue weighted by Crippen LogP contribution is 2.01. The molecule has 0 saturated carbocycles. The molecule has 0 fully saturated rings. The van der Waals surface area contributed by atoms with Crippen molar-refractivity contribution < 1.29 is 9.53 Å². The summed E-state index contributed by atoms with van der Waals surface area (Å²) in [5, 5.41) is 3.08. The van der Waals surface area contributed by atoms with Gasteiger partial charge in [-0.1, -0.05) is 19.1 Å². The van der Waals surface area contributed by atoms with Gasteiger partial charge in [0.25, 0.3) is 0 Å². The number of nitrogens with one attached hydrogen (secondary N) is 1. The first-order valence-electron chi connectivity index (χ1n) is 4.35. The highest BCUT2D eigenvalue weighted by atomic mass is 16.5. The number of carbonyl (C=O) groups is 1. The zero-order valence-corrected chi connectivity index (χ0v) is 8.30. The zero-order valence-electron chi connectivity index (χ0n) is 8.30. The normalized spacial score (nSPS) is 11.1. The molecule has 0 aliphatic heterocycles. The van der Waals surface area contributed by atoms with Crippen LogP contribution in [0.1, 0.15) is 13.3 Å². The van der Waals surface area contributed by atoms with Crippen molar-refractivity contribution in [3.05, 3.63) is 24.3 Å². The lowest BCUT2D eigenvalue weighted by molar-refractivity contribution is -0.136. The molecule has 3 heteroatoms. The zero-order chi connectivity index (χ0) is 10.1. The molecule has 0 amide bonds. The van der Waals surface area contributed by atoms with Crippen molar-refractivity contribution >= 4 is 5.97 Å². The first-order chi connectivity index (χ1) is 6.26. The fourth-order valence-electron chi connectivity index (χ4n) is 0.884. The predicted octanol–water partition coefficient (Wildman–Crippen LogP) is 1.27. The summed E-state index contributed by atoms with van der Waals surface area (Å²) in [5.41, 5.74) is 0.707. The van der Waals surface area contributed by atoms with Crippen molar-refractivity contribution in [3.8, 4) is 0 Å². The Morgan fingerprint density at radius 3 is 2.69 bits per heavy atom. The van der Waals surface area contributed by atoms with Crippen molar-refractivity contribution in [1.29, 1.82) is 0 Å². The van der Waals surface area contributed by atoms with E-state index in [1.54, 1.807) is 6.08 Å². The number of hydrogen-bond donors (Lipinski definition) is 1. The van der Waals surface area contributed by atoms with E-state index in [4.69, 9.17) is 0 Å². The number of ether oxygens (including phenoxy) is 1. The summed E-state index contributed by atoms with van der Waals surface area (Å²) in [7, 11) is 1.39. The van der Waals surface area contributed by atoms with Crippen LogP contribution < -0.4 is 5.32 Å². The molecule has 0 aromatic rings. The van der Waals surface area contributed by atoms with Crippen molar-refractivity contribution in [1.82, 2.24) is 5.32 Å². The monoisotopic (exact) mass is 183 g/mol. The maximum absolute atomic E-state index is 11.1. The summed E-state index contributed by atoms with van der Waals surface area (Å²) in [6.07, 6.45) is 4.31. The lowest BCUT2D eigenvalue weighted by atomic mass is 10.2. The molecule has 0 heterocycles. The molecule has 13 heavy (non-hydrogen) atoms. The van der Waals surface area contributed by atoms with Gasteiger partial charge < -0.3 is 10.1 Å². The molecule has 0 aromatic heterocycles. The number of esters is 1. The molecular weight excluding hydrogens is 166 g/mol. The van der Waals surface area contributed by atoms with Crippen LogP contribution >= 0.6 is 0 Å². The third-order valence-electron chi connectivity index (χ3n) is 1.61. The van der Waals surface area contributed by atoms with Gasteiger partial charge in [-0.05, 0) is 6.42 Å². The van der Waals surface area contributed by atoms with Gasteiger partial charge in [0.2, 0.25) is 0 Å². The second-order valence-corrected chi connectivity index (χ2v) is 2.52. The molecule has 0 bridgehead atoms. The summed E-state index contributed by atoms with van der Waals surface area (Å²) in [5.74, 6) is -0.247. The predicted molar refractivity (Wildman–Crippen MR) is 53.5 cm³/mol. The van der Waals surface area contributed by atoms with Crippen LogP contribution in [-0.2, 0) is 9.53 Å².